The Morgan fingerprint density at radius 2 is 1.88 bits per heavy atom. The van der Waals surface area contributed by atoms with Crippen LogP contribution >= 0.6 is 0 Å². The van der Waals surface area contributed by atoms with Crippen molar-refractivity contribution in [2.24, 2.45) is 5.92 Å². The molecule has 0 aromatic heterocycles. The first-order chi connectivity index (χ1) is 8.10. The van der Waals surface area contributed by atoms with Crippen LogP contribution in [0.25, 0.3) is 0 Å². The van der Waals surface area contributed by atoms with E-state index in [-0.39, 0.29) is 0 Å². The highest BCUT2D eigenvalue weighted by molar-refractivity contribution is 5.14. The average molecular weight is 233 g/mol. The van der Waals surface area contributed by atoms with E-state index in [1.54, 1.807) is 0 Å². The third kappa shape index (κ3) is 3.08. The second-order valence-electron chi connectivity index (χ2n) is 5.56. The molecule has 0 saturated carbocycles. The number of likely N-dealkylation sites (tertiary alicyclic amines) is 1. The number of hydrogen-bond acceptors (Lipinski definition) is 2. The maximum absolute atomic E-state index is 10.1. The molecule has 2 nitrogen and oxygen atoms in total. The van der Waals surface area contributed by atoms with E-state index in [0.717, 1.165) is 26.1 Å². The Bertz CT molecular complexity index is 341. The monoisotopic (exact) mass is 233 g/mol. The van der Waals surface area contributed by atoms with Crippen molar-refractivity contribution in [2.75, 3.05) is 19.6 Å². The Kier molecular flexibility index (Phi) is 3.85. The second-order valence-corrected chi connectivity index (χ2v) is 5.56. The maximum atomic E-state index is 10.1. The summed E-state index contributed by atoms with van der Waals surface area (Å²) in [6.07, 6.45) is 2.32. The van der Waals surface area contributed by atoms with E-state index in [1.165, 1.54) is 12.0 Å². The predicted octanol–water partition coefficient (Wildman–Crippen LogP) is 2.32. The van der Waals surface area contributed by atoms with Crippen LogP contribution in [0.5, 0.6) is 0 Å². The van der Waals surface area contributed by atoms with Gasteiger partial charge in [-0.15, -0.1) is 0 Å². The highest BCUT2D eigenvalue weighted by Gasteiger charge is 2.42. The first kappa shape index (κ1) is 12.6. The van der Waals surface area contributed by atoms with Gasteiger partial charge in [-0.1, -0.05) is 44.2 Å². The van der Waals surface area contributed by atoms with Crippen LogP contribution in [0.2, 0.25) is 0 Å². The predicted molar refractivity (Wildman–Crippen MR) is 71.0 cm³/mol. The molecule has 1 fully saturated rings. The number of aliphatic hydroxyl groups is 1. The van der Waals surface area contributed by atoms with Crippen LogP contribution in [-0.4, -0.2) is 35.2 Å². The minimum Gasteiger partial charge on any atom is -0.387 e. The van der Waals surface area contributed by atoms with Crippen molar-refractivity contribution in [1.82, 2.24) is 4.90 Å². The Morgan fingerprint density at radius 3 is 2.47 bits per heavy atom. The van der Waals surface area contributed by atoms with E-state index < -0.39 is 5.60 Å². The summed E-state index contributed by atoms with van der Waals surface area (Å²) in [5, 5.41) is 10.1. The topological polar surface area (TPSA) is 23.5 Å². The summed E-state index contributed by atoms with van der Waals surface area (Å²) in [6, 6.07) is 10.6. The number of aryl methyl sites for hydroxylation is 1. The Hall–Kier alpha value is -0.860. The molecule has 0 radical (unpaired) electrons. The second kappa shape index (κ2) is 5.19. The molecule has 2 heteroatoms. The van der Waals surface area contributed by atoms with Gasteiger partial charge >= 0.3 is 0 Å². The van der Waals surface area contributed by atoms with Crippen LogP contribution in [0, 0.1) is 5.92 Å². The van der Waals surface area contributed by atoms with Crippen LogP contribution in [0.1, 0.15) is 25.8 Å². The Morgan fingerprint density at radius 1 is 1.24 bits per heavy atom. The van der Waals surface area contributed by atoms with Crippen molar-refractivity contribution in [1.29, 1.82) is 0 Å². The van der Waals surface area contributed by atoms with E-state index in [9.17, 15) is 5.11 Å². The van der Waals surface area contributed by atoms with Gasteiger partial charge < -0.3 is 5.11 Å². The zero-order valence-corrected chi connectivity index (χ0v) is 10.9. The van der Waals surface area contributed by atoms with Gasteiger partial charge in [0.05, 0.1) is 5.60 Å². The van der Waals surface area contributed by atoms with Crippen LogP contribution in [0.4, 0.5) is 0 Å². The lowest BCUT2D eigenvalue weighted by molar-refractivity contribution is -0.127. The Balaban J connectivity index is 1.66. The van der Waals surface area contributed by atoms with Crippen molar-refractivity contribution in [2.45, 2.75) is 32.3 Å². The molecule has 1 aromatic rings. The van der Waals surface area contributed by atoms with E-state index in [0.29, 0.717) is 5.92 Å². The molecule has 1 aliphatic heterocycles. The summed E-state index contributed by atoms with van der Waals surface area (Å²) in [4.78, 5) is 2.35. The first-order valence-corrected chi connectivity index (χ1v) is 6.59. The lowest BCUT2D eigenvalue weighted by Crippen LogP contribution is -2.64. The largest absolute Gasteiger partial charge is 0.387 e. The van der Waals surface area contributed by atoms with Crippen molar-refractivity contribution in [3.8, 4) is 0 Å². The number of benzene rings is 1. The van der Waals surface area contributed by atoms with Crippen LogP contribution in [0.15, 0.2) is 30.3 Å². The van der Waals surface area contributed by atoms with Gasteiger partial charge in [-0.05, 0) is 30.9 Å². The number of rotatable bonds is 5. The first-order valence-electron chi connectivity index (χ1n) is 6.59. The molecule has 0 amide bonds. The van der Waals surface area contributed by atoms with Crippen molar-refractivity contribution < 1.29 is 5.11 Å². The molecule has 1 N–H and O–H groups in total. The van der Waals surface area contributed by atoms with E-state index in [4.69, 9.17) is 0 Å². The molecule has 1 aromatic carbocycles. The molecular formula is C15H23NO. The molecule has 1 saturated heterocycles. The zero-order chi connectivity index (χ0) is 12.3. The van der Waals surface area contributed by atoms with Gasteiger partial charge in [-0.25, -0.2) is 0 Å². The molecule has 0 bridgehead atoms. The van der Waals surface area contributed by atoms with Gasteiger partial charge in [0.2, 0.25) is 0 Å². The van der Waals surface area contributed by atoms with E-state index in [1.807, 2.05) is 0 Å². The molecule has 0 aliphatic carbocycles. The lowest BCUT2D eigenvalue weighted by atomic mass is 9.83. The molecule has 94 valence electrons. The lowest BCUT2D eigenvalue weighted by Gasteiger charge is -2.49. The van der Waals surface area contributed by atoms with Gasteiger partial charge in [0, 0.05) is 13.1 Å². The molecule has 0 spiro atoms. The van der Waals surface area contributed by atoms with Crippen LogP contribution in [-0.2, 0) is 6.42 Å². The van der Waals surface area contributed by atoms with Gasteiger partial charge in [-0.3, -0.25) is 4.90 Å². The molecule has 17 heavy (non-hydrogen) atoms. The van der Waals surface area contributed by atoms with Gasteiger partial charge in [0.15, 0.2) is 0 Å². The van der Waals surface area contributed by atoms with Gasteiger partial charge in [0.25, 0.3) is 0 Å². The van der Waals surface area contributed by atoms with Gasteiger partial charge in [0.1, 0.15) is 0 Å². The van der Waals surface area contributed by atoms with Crippen LogP contribution in [0.3, 0.4) is 0 Å². The highest BCUT2D eigenvalue weighted by atomic mass is 16.3. The maximum Gasteiger partial charge on any atom is 0.0922 e. The van der Waals surface area contributed by atoms with Gasteiger partial charge in [-0.2, -0.15) is 0 Å². The smallest absolute Gasteiger partial charge is 0.0922 e. The minimum absolute atomic E-state index is 0.368. The molecule has 0 unspecified atom stereocenters. The van der Waals surface area contributed by atoms with E-state index >= 15 is 0 Å². The standard InChI is InChI=1S/C15H23NO/c1-13(2)15(17)11-16(12-15)10-6-9-14-7-4-3-5-8-14/h3-5,7-8,13,17H,6,9-12H2,1-2H3. The highest BCUT2D eigenvalue weighted by Crippen LogP contribution is 2.28. The number of hydrogen-bond donors (Lipinski definition) is 1. The summed E-state index contributed by atoms with van der Waals surface area (Å²) in [5.41, 5.74) is 0.986. The molecule has 0 atom stereocenters. The summed E-state index contributed by atoms with van der Waals surface area (Å²) >= 11 is 0. The summed E-state index contributed by atoms with van der Waals surface area (Å²) in [5.74, 6) is 0.368. The fourth-order valence-electron chi connectivity index (χ4n) is 2.40. The quantitative estimate of drug-likeness (QED) is 0.843. The van der Waals surface area contributed by atoms with Crippen molar-refractivity contribution in [3.63, 3.8) is 0 Å². The third-order valence-corrected chi connectivity index (χ3v) is 3.85. The number of β-amino-alcohol motifs (C(OH)–C–C–N with tert-alkyl or cyclic N) is 1. The van der Waals surface area contributed by atoms with Crippen LogP contribution < -0.4 is 0 Å². The Labute approximate surface area is 104 Å². The number of nitrogens with zero attached hydrogens (tertiary/aromatic N) is 1. The molecule has 2 rings (SSSR count). The van der Waals surface area contributed by atoms with Crippen molar-refractivity contribution in [3.05, 3.63) is 35.9 Å². The summed E-state index contributed by atoms with van der Waals surface area (Å²) in [7, 11) is 0. The summed E-state index contributed by atoms with van der Waals surface area (Å²) in [6.45, 7) is 6.99. The molecule has 1 aliphatic rings. The summed E-state index contributed by atoms with van der Waals surface area (Å²) < 4.78 is 0. The zero-order valence-electron chi connectivity index (χ0n) is 10.9. The normalized spacial score (nSPS) is 19.3. The van der Waals surface area contributed by atoms with E-state index in [2.05, 4.69) is 49.1 Å². The average Bonchev–Trinajstić information content (AvgIpc) is 2.27. The third-order valence-electron chi connectivity index (χ3n) is 3.85. The SMILES string of the molecule is CC(C)C1(O)CN(CCCc2ccccc2)C1. The fourth-order valence-corrected chi connectivity index (χ4v) is 2.40. The molecule has 1 heterocycles. The fraction of sp³-hybridized carbons (Fsp3) is 0.600. The van der Waals surface area contributed by atoms with Crippen molar-refractivity contribution >= 4 is 0 Å². The minimum atomic E-state index is -0.424. The molecular weight excluding hydrogens is 210 g/mol.